The van der Waals surface area contributed by atoms with E-state index in [9.17, 15) is 18.0 Å². The third-order valence-electron chi connectivity index (χ3n) is 5.16. The Morgan fingerprint density at radius 2 is 1.70 bits per heavy atom. The van der Waals surface area contributed by atoms with Crippen LogP contribution in [-0.4, -0.2) is 50.5 Å². The molecule has 33 heavy (non-hydrogen) atoms. The van der Waals surface area contributed by atoms with Gasteiger partial charge in [0.05, 0.1) is 11.9 Å². The maximum absolute atomic E-state index is 13.4. The van der Waals surface area contributed by atoms with E-state index < -0.39 is 28.5 Å². The number of carbonyl (C=O) groups excluding carboxylic acids is 2. The Balaban J connectivity index is 2.36. The van der Waals surface area contributed by atoms with Crippen LogP contribution in [0.5, 0.6) is 0 Å². The maximum Gasteiger partial charge on any atom is 0.244 e. The van der Waals surface area contributed by atoms with Gasteiger partial charge in [0.25, 0.3) is 0 Å². The lowest BCUT2D eigenvalue weighted by atomic mass is 10.1. The molecule has 2 aromatic rings. The summed E-state index contributed by atoms with van der Waals surface area (Å²) in [5, 5.41) is 2.86. The van der Waals surface area contributed by atoms with Crippen LogP contribution in [-0.2, 0) is 26.2 Å². The number of hydrogen-bond acceptors (Lipinski definition) is 4. The minimum atomic E-state index is -3.75. The van der Waals surface area contributed by atoms with Crippen molar-refractivity contribution in [3.8, 4) is 0 Å². The predicted octanol–water partition coefficient (Wildman–Crippen LogP) is 3.71. The molecule has 9 heteroatoms. The van der Waals surface area contributed by atoms with Crippen molar-refractivity contribution in [1.29, 1.82) is 0 Å². The Morgan fingerprint density at radius 3 is 2.24 bits per heavy atom. The molecule has 180 valence electrons. The highest BCUT2D eigenvalue weighted by Gasteiger charge is 2.30. The summed E-state index contributed by atoms with van der Waals surface area (Å²) in [7, 11) is -3.75. The number of carbonyl (C=O) groups is 2. The van der Waals surface area contributed by atoms with Gasteiger partial charge < -0.3 is 10.2 Å². The third kappa shape index (κ3) is 7.85. The number of sulfonamides is 1. The number of nitrogens with one attached hydrogen (secondary N) is 1. The zero-order valence-corrected chi connectivity index (χ0v) is 22.1. The molecular weight excluding hydrogens is 506 g/mol. The van der Waals surface area contributed by atoms with E-state index in [0.717, 1.165) is 26.2 Å². The zero-order valence-electron chi connectivity index (χ0n) is 19.7. The fourth-order valence-corrected chi connectivity index (χ4v) is 4.30. The van der Waals surface area contributed by atoms with Crippen molar-refractivity contribution in [3.63, 3.8) is 0 Å². The number of anilines is 1. The van der Waals surface area contributed by atoms with Crippen molar-refractivity contribution in [2.24, 2.45) is 5.92 Å². The molecule has 0 radical (unpaired) electrons. The van der Waals surface area contributed by atoms with E-state index in [1.165, 1.54) is 4.90 Å². The lowest BCUT2D eigenvalue weighted by Gasteiger charge is -2.31. The van der Waals surface area contributed by atoms with Gasteiger partial charge in [-0.15, -0.1) is 0 Å². The minimum Gasteiger partial charge on any atom is -0.354 e. The van der Waals surface area contributed by atoms with Crippen LogP contribution in [0, 0.1) is 12.8 Å². The van der Waals surface area contributed by atoms with E-state index in [1.807, 2.05) is 51.1 Å². The number of benzene rings is 2. The summed E-state index contributed by atoms with van der Waals surface area (Å²) in [6.07, 6.45) is 1.07. The van der Waals surface area contributed by atoms with Crippen LogP contribution in [0.25, 0.3) is 0 Å². The highest BCUT2D eigenvalue weighted by Crippen LogP contribution is 2.25. The van der Waals surface area contributed by atoms with E-state index in [1.54, 1.807) is 25.1 Å². The number of halogens is 1. The molecule has 0 aromatic heterocycles. The molecule has 1 atom stereocenters. The molecule has 0 saturated heterocycles. The van der Waals surface area contributed by atoms with Crippen molar-refractivity contribution in [1.82, 2.24) is 10.2 Å². The van der Waals surface area contributed by atoms with Gasteiger partial charge in [0.15, 0.2) is 0 Å². The van der Waals surface area contributed by atoms with Crippen molar-refractivity contribution in [2.75, 3.05) is 23.7 Å². The summed E-state index contributed by atoms with van der Waals surface area (Å²) >= 11 is 3.41. The molecule has 0 aliphatic carbocycles. The molecular formula is C24H32BrN3O4S. The molecule has 0 spiro atoms. The Bertz CT molecular complexity index is 1070. The van der Waals surface area contributed by atoms with Crippen molar-refractivity contribution >= 4 is 43.5 Å². The third-order valence-corrected chi connectivity index (χ3v) is 7.19. The van der Waals surface area contributed by atoms with Gasteiger partial charge in [-0.2, -0.15) is 0 Å². The van der Waals surface area contributed by atoms with Crippen LogP contribution in [0.3, 0.4) is 0 Å². The average molecular weight is 539 g/mol. The first kappa shape index (κ1) is 26.9. The normalized spacial score (nSPS) is 12.3. The summed E-state index contributed by atoms with van der Waals surface area (Å²) in [4.78, 5) is 27.6. The number of amides is 2. The molecule has 0 aliphatic heterocycles. The van der Waals surface area contributed by atoms with Crippen molar-refractivity contribution < 1.29 is 18.0 Å². The molecule has 0 aliphatic rings. The lowest BCUT2D eigenvalue weighted by molar-refractivity contribution is -0.139. The molecule has 0 unspecified atom stereocenters. The van der Waals surface area contributed by atoms with Gasteiger partial charge >= 0.3 is 0 Å². The van der Waals surface area contributed by atoms with Gasteiger partial charge in [-0.3, -0.25) is 13.9 Å². The van der Waals surface area contributed by atoms with Crippen molar-refractivity contribution in [2.45, 2.75) is 40.3 Å². The number of nitrogens with zero attached hydrogens (tertiary/aromatic N) is 2. The topological polar surface area (TPSA) is 86.8 Å². The predicted molar refractivity (Wildman–Crippen MR) is 135 cm³/mol. The van der Waals surface area contributed by atoms with Crippen LogP contribution in [0.15, 0.2) is 53.0 Å². The smallest absolute Gasteiger partial charge is 0.244 e. The standard InChI is InChI=1S/C24H32BrN3O4S/c1-17(2)14-26-24(30)19(4)27(15-20-9-7-6-8-10-20)23(29)16-28(33(5,31)32)21-11-12-22(25)18(3)13-21/h6-13,17,19H,14-16H2,1-5H3,(H,26,30)/t19-/m0/s1. The van der Waals surface area contributed by atoms with E-state index >= 15 is 0 Å². The number of hydrogen-bond donors (Lipinski definition) is 1. The Labute approximate surface area is 205 Å². The first-order chi connectivity index (χ1) is 15.4. The van der Waals surface area contributed by atoms with Gasteiger partial charge in [0, 0.05) is 17.6 Å². The molecule has 2 amide bonds. The Kier molecular flexibility index (Phi) is 9.48. The molecule has 2 aromatic carbocycles. The Morgan fingerprint density at radius 1 is 1.06 bits per heavy atom. The molecule has 2 rings (SSSR count). The van der Waals surface area contributed by atoms with E-state index in [-0.39, 0.29) is 18.4 Å². The van der Waals surface area contributed by atoms with Gasteiger partial charge in [0.2, 0.25) is 21.8 Å². The summed E-state index contributed by atoms with van der Waals surface area (Å²) in [6, 6.07) is 13.6. The summed E-state index contributed by atoms with van der Waals surface area (Å²) in [5.41, 5.74) is 2.08. The minimum absolute atomic E-state index is 0.187. The SMILES string of the molecule is Cc1cc(N(CC(=O)N(Cc2ccccc2)[C@@H](C)C(=O)NCC(C)C)S(C)(=O)=O)ccc1Br. The number of rotatable bonds is 10. The summed E-state index contributed by atoms with van der Waals surface area (Å²) in [6.45, 7) is 7.75. The molecule has 1 N–H and O–H groups in total. The van der Waals surface area contributed by atoms with Crippen LogP contribution in [0.4, 0.5) is 5.69 Å². The molecule has 0 bridgehead atoms. The summed E-state index contributed by atoms with van der Waals surface area (Å²) < 4.78 is 27.1. The zero-order chi connectivity index (χ0) is 24.8. The second-order valence-corrected chi connectivity index (χ2v) is 11.3. The fourth-order valence-electron chi connectivity index (χ4n) is 3.21. The van der Waals surface area contributed by atoms with Gasteiger partial charge in [-0.25, -0.2) is 8.42 Å². The quantitative estimate of drug-likeness (QED) is 0.500. The van der Waals surface area contributed by atoms with Crippen LogP contribution < -0.4 is 9.62 Å². The second-order valence-electron chi connectivity index (χ2n) is 8.53. The van der Waals surface area contributed by atoms with E-state index in [0.29, 0.717) is 12.2 Å². The fraction of sp³-hybridized carbons (Fsp3) is 0.417. The molecule has 0 heterocycles. The maximum atomic E-state index is 13.4. The largest absolute Gasteiger partial charge is 0.354 e. The first-order valence-corrected chi connectivity index (χ1v) is 13.4. The van der Waals surface area contributed by atoms with E-state index in [2.05, 4.69) is 21.2 Å². The first-order valence-electron chi connectivity index (χ1n) is 10.7. The van der Waals surface area contributed by atoms with E-state index in [4.69, 9.17) is 0 Å². The number of aryl methyl sites for hydroxylation is 1. The lowest BCUT2D eigenvalue weighted by Crippen LogP contribution is -2.51. The van der Waals surface area contributed by atoms with Gasteiger partial charge in [0.1, 0.15) is 12.6 Å². The highest BCUT2D eigenvalue weighted by atomic mass is 79.9. The second kappa shape index (κ2) is 11.7. The van der Waals surface area contributed by atoms with Crippen molar-refractivity contribution in [3.05, 3.63) is 64.1 Å². The van der Waals surface area contributed by atoms with Crippen LogP contribution >= 0.6 is 15.9 Å². The molecule has 0 fully saturated rings. The highest BCUT2D eigenvalue weighted by molar-refractivity contribution is 9.10. The summed E-state index contributed by atoms with van der Waals surface area (Å²) in [5.74, 6) is -0.476. The molecule has 7 nitrogen and oxygen atoms in total. The monoisotopic (exact) mass is 537 g/mol. The van der Waals surface area contributed by atoms with Gasteiger partial charge in [-0.1, -0.05) is 60.1 Å². The Hall–Kier alpha value is -2.39. The van der Waals surface area contributed by atoms with Gasteiger partial charge in [-0.05, 0) is 49.1 Å². The van der Waals surface area contributed by atoms with Crippen LogP contribution in [0.2, 0.25) is 0 Å². The van der Waals surface area contributed by atoms with Crippen LogP contribution in [0.1, 0.15) is 31.9 Å². The average Bonchev–Trinajstić information content (AvgIpc) is 2.75. The molecule has 0 saturated carbocycles.